The number of carbonyl (C=O) groups is 2. The molecule has 6 nitrogen and oxygen atoms in total. The van der Waals surface area contributed by atoms with E-state index in [0.29, 0.717) is 18.7 Å². The van der Waals surface area contributed by atoms with Gasteiger partial charge in [-0.15, -0.1) is 12.4 Å². The molecule has 2 rings (SSSR count). The molecular formula is C15H21BrClN3O3. The summed E-state index contributed by atoms with van der Waals surface area (Å²) in [7, 11) is 0. The van der Waals surface area contributed by atoms with E-state index >= 15 is 0 Å². The Bertz CT molecular complexity index is 571. The Morgan fingerprint density at radius 3 is 2.74 bits per heavy atom. The molecule has 2 atom stereocenters. The van der Waals surface area contributed by atoms with E-state index < -0.39 is 6.10 Å². The van der Waals surface area contributed by atoms with Crippen LogP contribution in [-0.2, 0) is 14.3 Å². The maximum atomic E-state index is 11.9. The summed E-state index contributed by atoms with van der Waals surface area (Å²) in [6.07, 6.45) is 0.854. The van der Waals surface area contributed by atoms with Crippen LogP contribution in [0.15, 0.2) is 22.7 Å². The van der Waals surface area contributed by atoms with Crippen LogP contribution in [0.25, 0.3) is 0 Å². The van der Waals surface area contributed by atoms with E-state index in [-0.39, 0.29) is 36.9 Å². The summed E-state index contributed by atoms with van der Waals surface area (Å²) in [5.74, 6) is -0.540. The van der Waals surface area contributed by atoms with Crippen LogP contribution in [0, 0.1) is 6.92 Å². The second kappa shape index (κ2) is 9.22. The number of aryl methyl sites for hydroxylation is 1. The Hall–Kier alpha value is -1.15. The fraction of sp³-hybridized carbons (Fsp3) is 0.467. The van der Waals surface area contributed by atoms with Crippen LogP contribution in [0.2, 0.25) is 0 Å². The largest absolute Gasteiger partial charge is 0.364 e. The maximum absolute atomic E-state index is 11.9. The average Bonchev–Trinajstić information content (AvgIpc) is 2.97. The summed E-state index contributed by atoms with van der Waals surface area (Å²) < 4.78 is 6.46. The molecule has 0 aliphatic carbocycles. The number of hydrogen-bond donors (Lipinski definition) is 3. The average molecular weight is 407 g/mol. The van der Waals surface area contributed by atoms with Crippen LogP contribution in [-0.4, -0.2) is 37.1 Å². The van der Waals surface area contributed by atoms with E-state index in [1.165, 1.54) is 0 Å². The Balaban J connectivity index is 0.00000264. The van der Waals surface area contributed by atoms with Gasteiger partial charge < -0.3 is 21.1 Å². The van der Waals surface area contributed by atoms with Crippen molar-refractivity contribution in [1.29, 1.82) is 0 Å². The zero-order valence-corrected chi connectivity index (χ0v) is 15.2. The van der Waals surface area contributed by atoms with Crippen LogP contribution >= 0.6 is 28.3 Å². The molecule has 1 aliphatic rings. The van der Waals surface area contributed by atoms with Gasteiger partial charge in [-0.25, -0.2) is 0 Å². The lowest BCUT2D eigenvalue weighted by Gasteiger charge is -2.13. The van der Waals surface area contributed by atoms with E-state index in [9.17, 15) is 9.59 Å². The molecule has 8 heteroatoms. The minimum absolute atomic E-state index is 0. The molecule has 1 aliphatic heterocycles. The summed E-state index contributed by atoms with van der Waals surface area (Å²) in [5, 5.41) is 5.33. The van der Waals surface area contributed by atoms with Crippen LogP contribution in [0.4, 0.5) is 5.69 Å². The van der Waals surface area contributed by atoms with Gasteiger partial charge in [-0.05, 0) is 43.5 Å². The summed E-state index contributed by atoms with van der Waals surface area (Å²) in [5.41, 5.74) is 7.22. The number of anilines is 1. The van der Waals surface area contributed by atoms with Crippen LogP contribution in [0.5, 0.6) is 0 Å². The molecule has 4 N–H and O–H groups in total. The Kier molecular flexibility index (Phi) is 7.98. The second-order valence-electron chi connectivity index (χ2n) is 5.29. The van der Waals surface area contributed by atoms with Gasteiger partial charge in [0.2, 0.25) is 11.8 Å². The van der Waals surface area contributed by atoms with Crippen molar-refractivity contribution in [2.75, 3.05) is 18.4 Å². The second-order valence-corrected chi connectivity index (χ2v) is 6.14. The molecule has 1 aromatic carbocycles. The molecule has 0 saturated carbocycles. The Morgan fingerprint density at radius 2 is 2.13 bits per heavy atom. The number of ether oxygens (including phenoxy) is 1. The highest BCUT2D eigenvalue weighted by molar-refractivity contribution is 9.10. The van der Waals surface area contributed by atoms with Crippen molar-refractivity contribution in [3.8, 4) is 0 Å². The van der Waals surface area contributed by atoms with Crippen LogP contribution < -0.4 is 16.4 Å². The molecule has 0 unspecified atom stereocenters. The molecule has 1 saturated heterocycles. The summed E-state index contributed by atoms with van der Waals surface area (Å²) in [6, 6.07) is 5.52. The first-order valence-corrected chi connectivity index (χ1v) is 7.98. The van der Waals surface area contributed by atoms with Crippen molar-refractivity contribution in [1.82, 2.24) is 5.32 Å². The zero-order valence-electron chi connectivity index (χ0n) is 12.8. The number of rotatable bonds is 5. The first kappa shape index (κ1) is 19.9. The maximum Gasteiger partial charge on any atom is 0.249 e. The van der Waals surface area contributed by atoms with E-state index in [2.05, 4.69) is 26.6 Å². The van der Waals surface area contributed by atoms with Gasteiger partial charge in [0.05, 0.1) is 12.6 Å². The van der Waals surface area contributed by atoms with Crippen molar-refractivity contribution < 1.29 is 14.3 Å². The fourth-order valence-corrected chi connectivity index (χ4v) is 2.53. The van der Waals surface area contributed by atoms with Gasteiger partial charge in [-0.2, -0.15) is 0 Å². The monoisotopic (exact) mass is 405 g/mol. The highest BCUT2D eigenvalue weighted by Crippen LogP contribution is 2.20. The van der Waals surface area contributed by atoms with Crippen molar-refractivity contribution in [3.63, 3.8) is 0 Å². The van der Waals surface area contributed by atoms with Crippen molar-refractivity contribution in [2.45, 2.75) is 32.0 Å². The summed E-state index contributed by atoms with van der Waals surface area (Å²) in [6.45, 7) is 2.26. The third kappa shape index (κ3) is 5.76. The molecule has 0 spiro atoms. The minimum Gasteiger partial charge on any atom is -0.364 e. The van der Waals surface area contributed by atoms with Gasteiger partial charge in [0, 0.05) is 16.7 Å². The topological polar surface area (TPSA) is 93.5 Å². The molecule has 1 heterocycles. The smallest absolute Gasteiger partial charge is 0.249 e. The number of halogens is 2. The number of amides is 2. The van der Waals surface area contributed by atoms with Gasteiger partial charge in [-0.1, -0.05) is 15.9 Å². The van der Waals surface area contributed by atoms with Crippen molar-refractivity contribution in [2.24, 2.45) is 5.73 Å². The number of benzene rings is 1. The highest BCUT2D eigenvalue weighted by Gasteiger charge is 2.29. The van der Waals surface area contributed by atoms with Gasteiger partial charge in [-0.3, -0.25) is 9.59 Å². The molecule has 0 aromatic heterocycles. The Morgan fingerprint density at radius 1 is 1.39 bits per heavy atom. The minimum atomic E-state index is -0.503. The number of hydrogen-bond acceptors (Lipinski definition) is 4. The lowest BCUT2D eigenvalue weighted by molar-refractivity contribution is -0.133. The van der Waals surface area contributed by atoms with E-state index in [1.807, 2.05) is 19.1 Å². The summed E-state index contributed by atoms with van der Waals surface area (Å²) >= 11 is 3.40. The zero-order chi connectivity index (χ0) is 16.1. The van der Waals surface area contributed by atoms with E-state index in [1.54, 1.807) is 6.07 Å². The molecule has 128 valence electrons. The lowest BCUT2D eigenvalue weighted by atomic mass is 10.2. The SMILES string of the molecule is Cc1cc(NC(=O)CNC(=O)[C@@H]2CC[C@H](CN)O2)ccc1Br.Cl. The van der Waals surface area contributed by atoms with E-state index in [4.69, 9.17) is 10.5 Å². The predicted octanol–water partition coefficient (Wildman–Crippen LogP) is 1.74. The summed E-state index contributed by atoms with van der Waals surface area (Å²) in [4.78, 5) is 23.7. The Labute approximate surface area is 150 Å². The standard InChI is InChI=1S/C15H20BrN3O3.ClH/c1-9-6-10(2-4-12(9)16)19-14(20)8-18-15(21)13-5-3-11(7-17)22-13;/h2,4,6,11,13H,3,5,7-8,17H2,1H3,(H,18,21)(H,19,20);1H/t11-,13+;/m1./s1. The van der Waals surface area contributed by atoms with Gasteiger partial charge in [0.25, 0.3) is 0 Å². The first-order chi connectivity index (χ1) is 10.5. The van der Waals surface area contributed by atoms with Crippen LogP contribution in [0.3, 0.4) is 0 Å². The molecule has 1 aromatic rings. The third-order valence-electron chi connectivity index (χ3n) is 3.53. The molecule has 0 bridgehead atoms. The highest BCUT2D eigenvalue weighted by atomic mass is 79.9. The van der Waals surface area contributed by atoms with Crippen LogP contribution in [0.1, 0.15) is 18.4 Å². The van der Waals surface area contributed by atoms with Crippen molar-refractivity contribution >= 4 is 45.8 Å². The predicted molar refractivity (Wildman–Crippen MR) is 94.7 cm³/mol. The normalized spacial score (nSPS) is 19.8. The molecule has 1 fully saturated rings. The van der Waals surface area contributed by atoms with Gasteiger partial charge in [0.1, 0.15) is 6.10 Å². The van der Waals surface area contributed by atoms with Gasteiger partial charge in [0.15, 0.2) is 0 Å². The quantitative estimate of drug-likeness (QED) is 0.694. The van der Waals surface area contributed by atoms with Gasteiger partial charge >= 0.3 is 0 Å². The molecule has 2 amide bonds. The van der Waals surface area contributed by atoms with Crippen molar-refractivity contribution in [3.05, 3.63) is 28.2 Å². The number of nitrogens with two attached hydrogens (primary N) is 1. The number of nitrogens with one attached hydrogen (secondary N) is 2. The number of carbonyl (C=O) groups excluding carboxylic acids is 2. The first-order valence-electron chi connectivity index (χ1n) is 7.19. The molecule has 23 heavy (non-hydrogen) atoms. The fourth-order valence-electron chi connectivity index (χ4n) is 2.28. The third-order valence-corrected chi connectivity index (χ3v) is 4.42. The molecule has 0 radical (unpaired) electrons. The van der Waals surface area contributed by atoms with E-state index in [0.717, 1.165) is 16.5 Å². The lowest BCUT2D eigenvalue weighted by Crippen LogP contribution is -2.39. The molecular weight excluding hydrogens is 386 g/mol.